The minimum Gasteiger partial charge on any atom is -0.339 e. The fraction of sp³-hybridized carbons (Fsp3) is 0.423. The highest BCUT2D eigenvalue weighted by Crippen LogP contribution is 2.27. The number of carbonyl (C=O) groups is 3. The zero-order valence-corrected chi connectivity index (χ0v) is 19.1. The first-order chi connectivity index (χ1) is 16.0. The van der Waals surface area contributed by atoms with Crippen LogP contribution < -0.4 is 10.6 Å². The van der Waals surface area contributed by atoms with Gasteiger partial charge < -0.3 is 20.4 Å². The van der Waals surface area contributed by atoms with Crippen LogP contribution in [0.15, 0.2) is 54.6 Å². The number of carbonyl (C=O) groups excluding carboxylic acids is 3. The van der Waals surface area contributed by atoms with E-state index in [1.54, 1.807) is 17.0 Å². The van der Waals surface area contributed by atoms with Crippen LogP contribution in [-0.4, -0.2) is 53.8 Å². The molecule has 2 aromatic rings. The topological polar surface area (TPSA) is 81.8 Å². The van der Waals surface area contributed by atoms with Crippen molar-refractivity contribution in [1.29, 1.82) is 0 Å². The lowest BCUT2D eigenvalue weighted by molar-refractivity contribution is -0.136. The molecular formula is C26H32N4O3. The highest BCUT2D eigenvalue weighted by molar-refractivity contribution is 6.04. The van der Waals surface area contributed by atoms with Crippen molar-refractivity contribution >= 4 is 23.5 Å². The fourth-order valence-electron chi connectivity index (χ4n) is 4.60. The molecule has 1 atom stereocenters. The summed E-state index contributed by atoms with van der Waals surface area (Å²) in [7, 11) is 0. The third-order valence-corrected chi connectivity index (χ3v) is 6.60. The van der Waals surface area contributed by atoms with Gasteiger partial charge in [-0.1, -0.05) is 43.2 Å². The first-order valence-corrected chi connectivity index (χ1v) is 11.8. The van der Waals surface area contributed by atoms with Crippen LogP contribution in [0.1, 0.15) is 54.6 Å². The van der Waals surface area contributed by atoms with Crippen molar-refractivity contribution in [3.63, 3.8) is 0 Å². The van der Waals surface area contributed by atoms with Crippen LogP contribution in [0.25, 0.3) is 0 Å². The van der Waals surface area contributed by atoms with Gasteiger partial charge in [-0.3, -0.25) is 9.59 Å². The Kier molecular flexibility index (Phi) is 7.27. The van der Waals surface area contributed by atoms with E-state index in [0.717, 1.165) is 31.2 Å². The van der Waals surface area contributed by atoms with E-state index in [9.17, 15) is 14.4 Å². The van der Waals surface area contributed by atoms with Gasteiger partial charge in [-0.15, -0.1) is 0 Å². The molecule has 2 N–H and O–H groups in total. The van der Waals surface area contributed by atoms with Crippen LogP contribution in [0.3, 0.4) is 0 Å². The van der Waals surface area contributed by atoms with Crippen molar-refractivity contribution < 1.29 is 14.4 Å². The van der Waals surface area contributed by atoms with Crippen molar-refractivity contribution in [3.8, 4) is 0 Å². The summed E-state index contributed by atoms with van der Waals surface area (Å²) in [6, 6.07) is 16.2. The molecule has 4 amide bonds. The molecule has 7 nitrogen and oxygen atoms in total. The van der Waals surface area contributed by atoms with Gasteiger partial charge in [0.15, 0.2) is 0 Å². The van der Waals surface area contributed by atoms with E-state index in [2.05, 4.69) is 10.6 Å². The summed E-state index contributed by atoms with van der Waals surface area (Å²) in [6.07, 6.45) is 4.30. The lowest BCUT2D eigenvalue weighted by atomic mass is 10.1. The molecule has 0 spiro atoms. The van der Waals surface area contributed by atoms with Gasteiger partial charge in [-0.05, 0) is 49.6 Å². The number of nitrogens with one attached hydrogen (secondary N) is 2. The summed E-state index contributed by atoms with van der Waals surface area (Å²) < 4.78 is 0. The Balaban J connectivity index is 1.29. The van der Waals surface area contributed by atoms with E-state index in [0.29, 0.717) is 37.4 Å². The predicted octanol–water partition coefficient (Wildman–Crippen LogP) is 4.04. The van der Waals surface area contributed by atoms with E-state index in [1.807, 2.05) is 54.3 Å². The number of rotatable bonds is 5. The zero-order chi connectivity index (χ0) is 23.2. The van der Waals surface area contributed by atoms with Gasteiger partial charge in [-0.2, -0.15) is 0 Å². The van der Waals surface area contributed by atoms with Crippen molar-refractivity contribution in [2.24, 2.45) is 5.92 Å². The second-order valence-electron chi connectivity index (χ2n) is 8.91. The zero-order valence-electron chi connectivity index (χ0n) is 19.1. The number of hydrogen-bond donors (Lipinski definition) is 2. The lowest BCUT2D eigenvalue weighted by Crippen LogP contribution is -2.54. The Morgan fingerprint density at radius 3 is 2.24 bits per heavy atom. The van der Waals surface area contributed by atoms with Crippen LogP contribution in [0, 0.1) is 5.92 Å². The highest BCUT2D eigenvalue weighted by Gasteiger charge is 2.30. The molecule has 2 fully saturated rings. The van der Waals surface area contributed by atoms with Gasteiger partial charge in [-0.25, -0.2) is 4.79 Å². The smallest absolute Gasteiger partial charge is 0.317 e. The summed E-state index contributed by atoms with van der Waals surface area (Å²) in [5.41, 5.74) is 2.18. The van der Waals surface area contributed by atoms with Gasteiger partial charge in [0.1, 0.15) is 0 Å². The average molecular weight is 449 g/mol. The first-order valence-electron chi connectivity index (χ1n) is 11.8. The molecule has 1 saturated carbocycles. The Labute approximate surface area is 195 Å². The number of nitrogens with zero attached hydrogens (tertiary/aromatic N) is 2. The molecule has 1 saturated heterocycles. The van der Waals surface area contributed by atoms with E-state index >= 15 is 0 Å². The second-order valence-corrected chi connectivity index (χ2v) is 8.91. The monoisotopic (exact) mass is 448 g/mol. The minimum atomic E-state index is -0.218. The van der Waals surface area contributed by atoms with E-state index < -0.39 is 0 Å². The molecule has 2 aliphatic rings. The van der Waals surface area contributed by atoms with Crippen molar-refractivity contribution in [2.45, 2.75) is 38.6 Å². The van der Waals surface area contributed by atoms with Gasteiger partial charge in [0, 0.05) is 43.3 Å². The predicted molar refractivity (Wildman–Crippen MR) is 128 cm³/mol. The Bertz CT molecular complexity index is 980. The first kappa shape index (κ1) is 22.8. The van der Waals surface area contributed by atoms with E-state index in [4.69, 9.17) is 0 Å². The Morgan fingerprint density at radius 2 is 1.55 bits per heavy atom. The van der Waals surface area contributed by atoms with Crippen LogP contribution in [0.2, 0.25) is 0 Å². The highest BCUT2D eigenvalue weighted by atomic mass is 16.2. The molecule has 1 aliphatic carbocycles. The number of benzene rings is 2. The molecule has 174 valence electrons. The van der Waals surface area contributed by atoms with Crippen LogP contribution >= 0.6 is 0 Å². The summed E-state index contributed by atoms with van der Waals surface area (Å²) in [6.45, 7) is 4.21. The standard InChI is InChI=1S/C26H32N4O3/c1-19(22-12-7-13-23(18-22)28-24(31)20-8-3-2-4-9-20)27-26(33)30-16-14-29(15-17-30)25(32)21-10-5-6-11-21/h2-4,7-9,12-13,18-19,21H,5-6,10-11,14-17H2,1H3,(H,27,33)(H,28,31). The molecule has 0 aromatic heterocycles. The molecular weight excluding hydrogens is 416 g/mol. The van der Waals surface area contributed by atoms with Crippen LogP contribution in [-0.2, 0) is 4.79 Å². The molecule has 1 heterocycles. The van der Waals surface area contributed by atoms with Gasteiger partial charge in [0.25, 0.3) is 5.91 Å². The average Bonchev–Trinajstić information content (AvgIpc) is 3.39. The summed E-state index contributed by atoms with van der Waals surface area (Å²) >= 11 is 0. The maximum Gasteiger partial charge on any atom is 0.317 e. The van der Waals surface area contributed by atoms with Crippen LogP contribution in [0.5, 0.6) is 0 Å². The lowest BCUT2D eigenvalue weighted by Gasteiger charge is -2.36. The fourth-order valence-corrected chi connectivity index (χ4v) is 4.60. The number of anilines is 1. The normalized spacial score (nSPS) is 17.5. The molecule has 1 aliphatic heterocycles. The van der Waals surface area contributed by atoms with Crippen molar-refractivity contribution in [1.82, 2.24) is 15.1 Å². The third kappa shape index (κ3) is 5.72. The molecule has 1 unspecified atom stereocenters. The van der Waals surface area contributed by atoms with Gasteiger partial charge >= 0.3 is 6.03 Å². The summed E-state index contributed by atoms with van der Waals surface area (Å²) in [5, 5.41) is 5.96. The van der Waals surface area contributed by atoms with Gasteiger partial charge in [0.2, 0.25) is 5.91 Å². The maximum atomic E-state index is 12.8. The molecule has 0 bridgehead atoms. The van der Waals surface area contributed by atoms with Gasteiger partial charge in [0.05, 0.1) is 6.04 Å². The molecule has 33 heavy (non-hydrogen) atoms. The number of urea groups is 1. The number of piperazine rings is 1. The molecule has 0 radical (unpaired) electrons. The number of amides is 4. The Morgan fingerprint density at radius 1 is 0.879 bits per heavy atom. The van der Waals surface area contributed by atoms with Crippen molar-refractivity contribution in [3.05, 3.63) is 65.7 Å². The van der Waals surface area contributed by atoms with Crippen molar-refractivity contribution in [2.75, 3.05) is 31.5 Å². The minimum absolute atomic E-state index is 0.130. The quantitative estimate of drug-likeness (QED) is 0.724. The largest absolute Gasteiger partial charge is 0.339 e. The number of hydrogen-bond acceptors (Lipinski definition) is 3. The third-order valence-electron chi connectivity index (χ3n) is 6.60. The second kappa shape index (κ2) is 10.5. The molecule has 7 heteroatoms. The summed E-state index contributed by atoms with van der Waals surface area (Å²) in [5.74, 6) is 0.268. The van der Waals surface area contributed by atoms with E-state index in [-0.39, 0.29) is 29.8 Å². The maximum absolute atomic E-state index is 12.8. The summed E-state index contributed by atoms with van der Waals surface area (Å²) in [4.78, 5) is 41.5. The molecule has 4 rings (SSSR count). The SMILES string of the molecule is CC(NC(=O)N1CCN(C(=O)C2CCCC2)CC1)c1cccc(NC(=O)c2ccccc2)c1. The van der Waals surface area contributed by atoms with E-state index in [1.165, 1.54) is 0 Å². The molecule has 2 aromatic carbocycles. The van der Waals surface area contributed by atoms with Crippen LogP contribution in [0.4, 0.5) is 10.5 Å². The Hall–Kier alpha value is -3.35.